The van der Waals surface area contributed by atoms with Crippen LogP contribution in [0.4, 0.5) is 9.93 Å². The van der Waals surface area contributed by atoms with Gasteiger partial charge in [-0.3, -0.25) is 24.8 Å². The van der Waals surface area contributed by atoms with Gasteiger partial charge in [-0.2, -0.15) is 9.36 Å². The van der Waals surface area contributed by atoms with Crippen molar-refractivity contribution in [1.82, 2.24) is 29.1 Å². The number of nitrogens with zero attached hydrogens (tertiary/aromatic N) is 8. The summed E-state index contributed by atoms with van der Waals surface area (Å²) in [6.07, 6.45) is 3.66. The van der Waals surface area contributed by atoms with Crippen LogP contribution in [0.1, 0.15) is 72.7 Å². The summed E-state index contributed by atoms with van der Waals surface area (Å²) < 4.78 is 29.7. The number of β-lactam (4-membered cyclic amide) rings is 1. The Labute approximate surface area is 378 Å². The minimum atomic E-state index is -1.06. The molecule has 3 amide bonds. The predicted molar refractivity (Wildman–Crippen MR) is 235 cm³/mol. The van der Waals surface area contributed by atoms with Gasteiger partial charge >= 0.3 is 17.7 Å². The van der Waals surface area contributed by atoms with E-state index in [1.54, 1.807) is 86.2 Å². The molecule has 2 aliphatic rings. The standard InChI is InChI=1S/C42H52N10O10S2/c1-9-60-48-29(32-46-38(64-49-32)47-40(57)62-42(5,6)7)34(53)45-30-35(54)52-31(37(55)59-22-25-14-16-27(58-8)17-15-25)26(23-63-36(30)52)21-50-20-12-13-28-33(50)44-24-51(28)19-11-10-18-43-39(56)61-41(2,3)4/h12-17,20,24,30,36H,9-11,18-19,21-23H2,1-8H3,(H2-,43,45,46,47,49,53,56,57)/b48-29-. The Morgan fingerprint density at radius 3 is 2.50 bits per heavy atom. The van der Waals surface area contributed by atoms with Crippen molar-refractivity contribution in [3.63, 3.8) is 0 Å². The lowest BCUT2D eigenvalue weighted by Gasteiger charge is -2.49. The van der Waals surface area contributed by atoms with Crippen molar-refractivity contribution in [3.05, 3.63) is 71.6 Å². The summed E-state index contributed by atoms with van der Waals surface area (Å²) in [7, 11) is 1.56. The van der Waals surface area contributed by atoms with Crippen LogP contribution >= 0.6 is 23.3 Å². The van der Waals surface area contributed by atoms with E-state index < -0.39 is 52.6 Å². The van der Waals surface area contributed by atoms with Crippen molar-refractivity contribution in [2.24, 2.45) is 10.1 Å². The van der Waals surface area contributed by atoms with Crippen LogP contribution in [0.2, 0.25) is 0 Å². The molecule has 1 saturated heterocycles. The third kappa shape index (κ3) is 12.0. The number of aryl methyl sites for hydroxylation is 1. The minimum absolute atomic E-state index is 0.0502. The zero-order valence-corrected chi connectivity index (χ0v) is 38.5. The fourth-order valence-electron chi connectivity index (χ4n) is 6.47. The van der Waals surface area contributed by atoms with E-state index in [2.05, 4.69) is 30.1 Å². The molecule has 0 saturated carbocycles. The van der Waals surface area contributed by atoms with Crippen LogP contribution in [0, 0.1) is 0 Å². The number of esters is 1. The number of unbranched alkanes of at least 4 members (excludes halogenated alkanes) is 1. The molecule has 22 heteroatoms. The molecular weight excluding hydrogens is 869 g/mol. The number of ether oxygens (including phenoxy) is 4. The van der Waals surface area contributed by atoms with E-state index in [4.69, 9.17) is 28.8 Å². The molecule has 0 spiro atoms. The first-order valence-electron chi connectivity index (χ1n) is 20.5. The Morgan fingerprint density at radius 1 is 1.05 bits per heavy atom. The van der Waals surface area contributed by atoms with Gasteiger partial charge in [0, 0.05) is 41.5 Å². The molecular formula is C42H52N10O10S2. The number of benzene rings is 1. The van der Waals surface area contributed by atoms with Crippen LogP contribution in [0.25, 0.3) is 11.2 Å². The number of hydrogen-bond donors (Lipinski definition) is 2. The molecule has 2 unspecified atom stereocenters. The second kappa shape index (κ2) is 20.5. The maximum Gasteiger partial charge on any atom is 0.414 e. The Kier molecular flexibility index (Phi) is 15.1. The maximum absolute atomic E-state index is 14.1. The van der Waals surface area contributed by atoms with Gasteiger partial charge in [-0.1, -0.05) is 38.1 Å². The molecule has 4 aromatic rings. The van der Waals surface area contributed by atoms with Crippen LogP contribution in [-0.2, 0) is 53.1 Å². The lowest BCUT2D eigenvalue weighted by Crippen LogP contribution is -2.71. The molecule has 6 rings (SSSR count). The molecule has 1 fully saturated rings. The summed E-state index contributed by atoms with van der Waals surface area (Å²) in [5, 5.41) is 20.5. The highest BCUT2D eigenvalue weighted by Crippen LogP contribution is 2.41. The van der Waals surface area contributed by atoms with Crippen LogP contribution in [0.15, 0.2) is 70.3 Å². The molecule has 5 heterocycles. The molecule has 2 N–H and O–H groups in total. The van der Waals surface area contributed by atoms with E-state index in [0.29, 0.717) is 47.8 Å². The molecule has 20 nitrogen and oxygen atoms in total. The molecule has 3 aromatic heterocycles. The largest absolute Gasteiger partial charge is 0.595 e. The second-order valence-corrected chi connectivity index (χ2v) is 18.4. The maximum atomic E-state index is 14.1. The Hall–Kier alpha value is -6.29. The van der Waals surface area contributed by atoms with E-state index in [1.165, 1.54) is 16.7 Å². The van der Waals surface area contributed by atoms with E-state index >= 15 is 0 Å². The van der Waals surface area contributed by atoms with Crippen LogP contribution in [0.5, 0.6) is 5.75 Å². The van der Waals surface area contributed by atoms with Crippen LogP contribution < -0.4 is 25.0 Å². The highest BCUT2D eigenvalue weighted by atomic mass is 32.2. The summed E-state index contributed by atoms with van der Waals surface area (Å²) >= 11 is 2.17. The number of amides is 3. The fourth-order valence-corrected chi connectivity index (χ4v) is 8.36. The number of fused-ring (bicyclic) bond motifs is 2. The first-order valence-corrected chi connectivity index (χ1v) is 22.3. The molecule has 2 atom stereocenters. The molecule has 0 radical (unpaired) electrons. The van der Waals surface area contributed by atoms with E-state index in [-0.39, 0.29) is 42.1 Å². The third-order valence-electron chi connectivity index (χ3n) is 9.25. The Morgan fingerprint density at radius 2 is 1.80 bits per heavy atom. The number of methoxy groups -OCH3 is 1. The summed E-state index contributed by atoms with van der Waals surface area (Å²) in [4.78, 5) is 73.8. The summed E-state index contributed by atoms with van der Waals surface area (Å²) in [6.45, 7) is 13.4. The molecule has 64 heavy (non-hydrogen) atoms. The van der Waals surface area contributed by atoms with E-state index in [1.807, 2.05) is 27.5 Å². The number of rotatable bonds is 17. The van der Waals surface area contributed by atoms with Crippen molar-refractivity contribution in [3.8, 4) is 5.75 Å². The number of pyridine rings is 1. The van der Waals surface area contributed by atoms with Crippen molar-refractivity contribution in [1.29, 1.82) is 0 Å². The quantitative estimate of drug-likeness (QED) is 0.0293. The molecule has 0 bridgehead atoms. The van der Waals surface area contributed by atoms with Crippen molar-refractivity contribution >= 4 is 75.3 Å². The van der Waals surface area contributed by atoms with Gasteiger partial charge in [0.15, 0.2) is 0 Å². The van der Waals surface area contributed by atoms with Gasteiger partial charge in [-0.05, 0) is 75.3 Å². The first kappa shape index (κ1) is 47.2. The molecule has 342 valence electrons. The molecule has 2 aliphatic heterocycles. The van der Waals surface area contributed by atoms with Gasteiger partial charge in [-0.25, -0.2) is 14.2 Å². The number of anilines is 1. The van der Waals surface area contributed by atoms with Crippen LogP contribution in [0.3, 0.4) is 0 Å². The average molecular weight is 921 g/mol. The number of hydrogen-bond acceptors (Lipinski definition) is 17. The predicted octanol–water partition coefficient (Wildman–Crippen LogP) is 3.68. The van der Waals surface area contributed by atoms with Crippen molar-refractivity contribution in [2.75, 3.05) is 31.3 Å². The topological polar surface area (TPSA) is 237 Å². The SMILES string of the molecule is CCO/N=C(\C(=O)NC1C(=O)N2C(C(=O)OCc3ccc(OC)cc3)=C(C[n+]3cccc4c3ncn4CCCCN=C([O-])OC(C)(C)C)CSC12)c1nsc(NC(=O)OC(C)(C)C)n1. The second-order valence-electron chi connectivity index (χ2n) is 16.5. The zero-order valence-electron chi connectivity index (χ0n) is 36.9. The zero-order chi connectivity index (χ0) is 46.2. The van der Waals surface area contributed by atoms with E-state index in [9.17, 15) is 24.3 Å². The summed E-state index contributed by atoms with van der Waals surface area (Å²) in [5.41, 5.74) is 1.23. The Balaban J connectivity index is 1.20. The van der Waals surface area contributed by atoms with Gasteiger partial charge in [0.05, 0.1) is 13.3 Å². The Bertz CT molecular complexity index is 2440. The first-order chi connectivity index (χ1) is 30.4. The van der Waals surface area contributed by atoms with Gasteiger partial charge in [0.1, 0.15) is 59.8 Å². The third-order valence-corrected chi connectivity index (χ3v) is 11.2. The number of aromatic nitrogens is 5. The minimum Gasteiger partial charge on any atom is -0.595 e. The van der Waals surface area contributed by atoms with Crippen molar-refractivity contribution in [2.45, 2.75) is 104 Å². The smallest absolute Gasteiger partial charge is 0.414 e. The number of imidazole rings is 1. The summed E-state index contributed by atoms with van der Waals surface area (Å²) in [6, 6.07) is 9.84. The van der Waals surface area contributed by atoms with Gasteiger partial charge in [-0.15, -0.1) is 11.8 Å². The highest BCUT2D eigenvalue weighted by molar-refractivity contribution is 8.00. The molecule has 0 aliphatic carbocycles. The lowest BCUT2D eigenvalue weighted by molar-refractivity contribution is -0.664. The number of aliphatic imine (C=N–C) groups is 1. The number of nitrogens with one attached hydrogen (secondary N) is 2. The number of carbonyl (C=O) groups is 4. The number of thioether (sulfide) groups is 1. The number of oxime groups is 1. The monoisotopic (exact) mass is 920 g/mol. The van der Waals surface area contributed by atoms with Gasteiger partial charge in [0.2, 0.25) is 23.0 Å². The highest BCUT2D eigenvalue weighted by Gasteiger charge is 2.55. The van der Waals surface area contributed by atoms with E-state index in [0.717, 1.165) is 23.5 Å². The normalized spacial score (nSPS) is 16.8. The fraction of sp³-hybridized carbons (Fsp3) is 0.476. The average Bonchev–Trinajstić information content (AvgIpc) is 3.88. The van der Waals surface area contributed by atoms with Crippen LogP contribution in [-0.4, -0.2) is 108 Å². The number of carbonyl (C=O) groups excluding carboxylic acids is 4. The van der Waals surface area contributed by atoms with Gasteiger partial charge < -0.3 is 38.8 Å². The van der Waals surface area contributed by atoms with Crippen molar-refractivity contribution < 1.29 is 52.6 Å². The molecule has 1 aromatic carbocycles. The van der Waals surface area contributed by atoms with Gasteiger partial charge in [0.25, 0.3) is 11.8 Å². The lowest BCUT2D eigenvalue weighted by atomic mass is 10.0. The summed E-state index contributed by atoms with van der Waals surface area (Å²) in [5.74, 6) is -1.24.